The number of hydrogen-bond donors (Lipinski definition) is 3. The molecule has 0 spiro atoms. The fourth-order valence-corrected chi connectivity index (χ4v) is 3.71. The smallest absolute Gasteiger partial charge is 0.261 e. The summed E-state index contributed by atoms with van der Waals surface area (Å²) in [7, 11) is -3.70. The molecule has 8 heteroatoms. The lowest BCUT2D eigenvalue weighted by molar-refractivity contribution is -0.124. The number of nitrogens with two attached hydrogens (primary N) is 1. The Balaban J connectivity index is 1.69. The van der Waals surface area contributed by atoms with Crippen LogP contribution in [0.4, 0.5) is 11.4 Å². The maximum atomic E-state index is 12.4. The van der Waals surface area contributed by atoms with Gasteiger partial charge < -0.3 is 15.8 Å². The van der Waals surface area contributed by atoms with Crippen molar-refractivity contribution in [2.75, 3.05) is 23.3 Å². The molecular formula is C18H21N3O4S. The summed E-state index contributed by atoms with van der Waals surface area (Å²) in [5, 5.41) is 2.75. The second kappa shape index (κ2) is 7.45. The highest BCUT2D eigenvalue weighted by molar-refractivity contribution is 7.92. The minimum Gasteiger partial charge on any atom is -0.381 e. The molecule has 0 unspecified atom stereocenters. The summed E-state index contributed by atoms with van der Waals surface area (Å²) in [6, 6.07) is 14.6. The first-order valence-corrected chi connectivity index (χ1v) is 9.73. The van der Waals surface area contributed by atoms with E-state index in [1.165, 1.54) is 12.1 Å². The zero-order chi connectivity index (χ0) is 18.6. The predicted octanol–water partition coefficient (Wildman–Crippen LogP) is 1.93. The van der Waals surface area contributed by atoms with Gasteiger partial charge in [-0.1, -0.05) is 18.2 Å². The van der Waals surface area contributed by atoms with Gasteiger partial charge in [0.05, 0.1) is 4.90 Å². The van der Waals surface area contributed by atoms with Crippen molar-refractivity contribution in [3.63, 3.8) is 0 Å². The highest BCUT2D eigenvalue weighted by Gasteiger charge is 2.35. The standard InChI is InChI=1S/C18H21N3O4S/c19-18(10-12-25-13-11-18)17(22)20-14-6-8-16(9-7-14)26(23,24)21-15-4-2-1-3-5-15/h1-9,21H,10-13,19H2,(H,20,22). The molecule has 4 N–H and O–H groups in total. The van der Waals surface area contributed by atoms with Crippen LogP contribution < -0.4 is 15.8 Å². The van der Waals surface area contributed by atoms with E-state index in [1.54, 1.807) is 42.5 Å². The Labute approximate surface area is 152 Å². The average molecular weight is 375 g/mol. The van der Waals surface area contributed by atoms with Crippen LogP contribution in [0.15, 0.2) is 59.5 Å². The molecule has 1 aliphatic heterocycles. The molecule has 0 bridgehead atoms. The zero-order valence-electron chi connectivity index (χ0n) is 14.1. The van der Waals surface area contributed by atoms with E-state index in [-0.39, 0.29) is 10.8 Å². The van der Waals surface area contributed by atoms with Crippen LogP contribution in [0.3, 0.4) is 0 Å². The monoisotopic (exact) mass is 375 g/mol. The molecule has 1 saturated heterocycles. The third-order valence-corrected chi connectivity index (χ3v) is 5.68. The van der Waals surface area contributed by atoms with Crippen LogP contribution in [0.1, 0.15) is 12.8 Å². The van der Waals surface area contributed by atoms with Gasteiger partial charge >= 0.3 is 0 Å². The summed E-state index contributed by atoms with van der Waals surface area (Å²) in [6.07, 6.45) is 0.901. The minimum atomic E-state index is -3.70. The molecule has 1 fully saturated rings. The Morgan fingerprint density at radius 2 is 1.58 bits per heavy atom. The van der Waals surface area contributed by atoms with E-state index in [2.05, 4.69) is 10.0 Å². The van der Waals surface area contributed by atoms with Crippen LogP contribution in [0.25, 0.3) is 0 Å². The van der Waals surface area contributed by atoms with E-state index in [0.717, 1.165) is 0 Å². The average Bonchev–Trinajstić information content (AvgIpc) is 2.63. The Morgan fingerprint density at radius 1 is 0.962 bits per heavy atom. The first kappa shape index (κ1) is 18.4. The Kier molecular flexibility index (Phi) is 5.26. The normalized spacial score (nSPS) is 16.7. The molecule has 0 aromatic heterocycles. The summed E-state index contributed by atoms with van der Waals surface area (Å²) < 4.78 is 32.5. The highest BCUT2D eigenvalue weighted by Crippen LogP contribution is 2.22. The van der Waals surface area contributed by atoms with Crippen LogP contribution in [0.2, 0.25) is 0 Å². The largest absolute Gasteiger partial charge is 0.381 e. The molecule has 0 atom stereocenters. The van der Waals surface area contributed by atoms with Crippen LogP contribution in [0, 0.1) is 0 Å². The SMILES string of the molecule is NC1(C(=O)Nc2ccc(S(=O)(=O)Nc3ccccc3)cc2)CCOCC1. The molecule has 138 valence electrons. The number of carbonyl (C=O) groups is 1. The number of anilines is 2. The first-order chi connectivity index (χ1) is 12.4. The van der Waals surface area contributed by atoms with Gasteiger partial charge in [0.1, 0.15) is 5.54 Å². The number of benzene rings is 2. The van der Waals surface area contributed by atoms with Crippen LogP contribution in [-0.2, 0) is 19.6 Å². The lowest BCUT2D eigenvalue weighted by Crippen LogP contribution is -2.54. The van der Waals surface area contributed by atoms with Crippen LogP contribution in [0.5, 0.6) is 0 Å². The maximum Gasteiger partial charge on any atom is 0.261 e. The number of rotatable bonds is 5. The van der Waals surface area contributed by atoms with Gasteiger partial charge in [-0.05, 0) is 49.2 Å². The Hall–Kier alpha value is -2.42. The van der Waals surface area contributed by atoms with Crippen molar-refractivity contribution in [2.24, 2.45) is 5.73 Å². The van der Waals surface area contributed by atoms with Gasteiger partial charge in [-0.25, -0.2) is 8.42 Å². The van der Waals surface area contributed by atoms with Crippen molar-refractivity contribution < 1.29 is 17.9 Å². The maximum absolute atomic E-state index is 12.4. The van der Waals surface area contributed by atoms with Crippen LogP contribution >= 0.6 is 0 Å². The number of ether oxygens (including phenoxy) is 1. The van der Waals surface area contributed by atoms with Crippen LogP contribution in [-0.4, -0.2) is 33.1 Å². The molecule has 0 radical (unpaired) electrons. The number of para-hydroxylation sites is 1. The lowest BCUT2D eigenvalue weighted by Gasteiger charge is -2.31. The van der Waals surface area contributed by atoms with Crippen molar-refractivity contribution in [3.8, 4) is 0 Å². The van der Waals surface area contributed by atoms with Crippen molar-refractivity contribution >= 4 is 27.3 Å². The van der Waals surface area contributed by atoms with Gasteiger partial charge in [0.2, 0.25) is 5.91 Å². The Bertz CT molecular complexity index is 861. The lowest BCUT2D eigenvalue weighted by atomic mass is 9.90. The summed E-state index contributed by atoms with van der Waals surface area (Å²) in [5.41, 5.74) is 6.15. The molecule has 7 nitrogen and oxygen atoms in total. The van der Waals surface area contributed by atoms with Gasteiger partial charge in [-0.15, -0.1) is 0 Å². The van der Waals surface area contributed by atoms with Crippen molar-refractivity contribution in [1.29, 1.82) is 0 Å². The van der Waals surface area contributed by atoms with Gasteiger partial charge in [0.15, 0.2) is 0 Å². The quantitative estimate of drug-likeness (QED) is 0.740. The molecule has 2 aromatic carbocycles. The van der Waals surface area contributed by atoms with Crippen molar-refractivity contribution in [2.45, 2.75) is 23.3 Å². The second-order valence-corrected chi connectivity index (χ2v) is 7.90. The molecule has 1 aliphatic rings. The van der Waals surface area contributed by atoms with Gasteiger partial charge in [0, 0.05) is 24.6 Å². The third-order valence-electron chi connectivity index (χ3n) is 4.29. The minimum absolute atomic E-state index is 0.105. The molecule has 3 rings (SSSR count). The first-order valence-electron chi connectivity index (χ1n) is 8.25. The number of hydrogen-bond acceptors (Lipinski definition) is 5. The molecule has 1 heterocycles. The molecule has 26 heavy (non-hydrogen) atoms. The predicted molar refractivity (Wildman–Crippen MR) is 99.3 cm³/mol. The number of sulfonamides is 1. The molecule has 1 amide bonds. The molecule has 0 aliphatic carbocycles. The molecular weight excluding hydrogens is 354 g/mol. The zero-order valence-corrected chi connectivity index (χ0v) is 15.0. The van der Waals surface area contributed by atoms with Gasteiger partial charge in [-0.3, -0.25) is 9.52 Å². The van der Waals surface area contributed by atoms with Gasteiger partial charge in [0.25, 0.3) is 10.0 Å². The molecule has 2 aromatic rings. The fraction of sp³-hybridized carbons (Fsp3) is 0.278. The Morgan fingerprint density at radius 3 is 2.19 bits per heavy atom. The van der Waals surface area contributed by atoms with Crippen molar-refractivity contribution in [1.82, 2.24) is 0 Å². The van der Waals surface area contributed by atoms with E-state index >= 15 is 0 Å². The third kappa shape index (κ3) is 4.21. The fourth-order valence-electron chi connectivity index (χ4n) is 2.66. The van der Waals surface area contributed by atoms with E-state index in [4.69, 9.17) is 10.5 Å². The molecule has 0 saturated carbocycles. The van der Waals surface area contributed by atoms with E-state index in [0.29, 0.717) is 37.4 Å². The van der Waals surface area contributed by atoms with Crippen molar-refractivity contribution in [3.05, 3.63) is 54.6 Å². The summed E-state index contributed by atoms with van der Waals surface area (Å²) in [4.78, 5) is 12.5. The van der Waals surface area contributed by atoms with E-state index in [9.17, 15) is 13.2 Å². The summed E-state index contributed by atoms with van der Waals surface area (Å²) >= 11 is 0. The van der Waals surface area contributed by atoms with E-state index < -0.39 is 15.6 Å². The number of amides is 1. The van der Waals surface area contributed by atoms with Gasteiger partial charge in [-0.2, -0.15) is 0 Å². The topological polar surface area (TPSA) is 111 Å². The second-order valence-electron chi connectivity index (χ2n) is 6.22. The number of nitrogens with one attached hydrogen (secondary N) is 2. The highest BCUT2D eigenvalue weighted by atomic mass is 32.2. The number of carbonyl (C=O) groups excluding carboxylic acids is 1. The van der Waals surface area contributed by atoms with E-state index in [1.807, 2.05) is 0 Å². The summed E-state index contributed by atoms with van der Waals surface area (Å²) in [6.45, 7) is 0.901. The summed E-state index contributed by atoms with van der Waals surface area (Å²) in [5.74, 6) is -0.293.